The predicted molar refractivity (Wildman–Crippen MR) is 85.6 cm³/mol. The third-order valence-corrected chi connectivity index (χ3v) is 5.95. The van der Waals surface area contributed by atoms with Gasteiger partial charge in [-0.1, -0.05) is 25.0 Å². The van der Waals surface area contributed by atoms with Crippen LogP contribution in [0, 0.1) is 5.92 Å². The maximum atomic E-state index is 12.5. The van der Waals surface area contributed by atoms with Crippen LogP contribution < -0.4 is 5.32 Å². The second-order valence-corrected chi connectivity index (χ2v) is 7.44. The van der Waals surface area contributed by atoms with Crippen molar-refractivity contribution in [1.29, 1.82) is 0 Å². The number of carbonyl (C=O) groups is 1. The molecular formula is C17H20N2OS. The van der Waals surface area contributed by atoms with Crippen molar-refractivity contribution in [3.8, 4) is 0 Å². The maximum Gasteiger partial charge on any atom is 0.156 e. The molecule has 1 aromatic heterocycles. The highest BCUT2D eigenvalue weighted by atomic mass is 32.1. The highest BCUT2D eigenvalue weighted by Crippen LogP contribution is 2.34. The fourth-order valence-corrected chi connectivity index (χ4v) is 4.81. The van der Waals surface area contributed by atoms with Crippen LogP contribution >= 0.6 is 11.3 Å². The van der Waals surface area contributed by atoms with Crippen LogP contribution in [0.1, 0.15) is 37.1 Å². The van der Waals surface area contributed by atoms with E-state index in [4.69, 9.17) is 0 Å². The number of thiazole rings is 1. The minimum absolute atomic E-state index is 0.0603. The van der Waals surface area contributed by atoms with Crippen LogP contribution in [0.15, 0.2) is 24.3 Å². The van der Waals surface area contributed by atoms with Gasteiger partial charge in [-0.05, 0) is 37.3 Å². The van der Waals surface area contributed by atoms with E-state index in [1.807, 2.05) is 18.2 Å². The molecule has 3 unspecified atom stereocenters. The van der Waals surface area contributed by atoms with E-state index >= 15 is 0 Å². The zero-order valence-electron chi connectivity index (χ0n) is 12.0. The first-order valence-corrected chi connectivity index (χ1v) is 8.74. The third kappa shape index (κ3) is 2.62. The van der Waals surface area contributed by atoms with Gasteiger partial charge in [0.05, 0.1) is 22.7 Å². The van der Waals surface area contributed by atoms with Crippen molar-refractivity contribution in [2.75, 3.05) is 0 Å². The SMILES string of the molecule is O=C(Cc1nc2ccccc2s1)C1CC2CCCCC2N1. The second-order valence-electron chi connectivity index (χ2n) is 6.32. The molecule has 3 atom stereocenters. The Balaban J connectivity index is 1.46. The largest absolute Gasteiger partial charge is 0.304 e. The lowest BCUT2D eigenvalue weighted by Gasteiger charge is -2.24. The van der Waals surface area contributed by atoms with E-state index in [1.54, 1.807) is 11.3 Å². The zero-order chi connectivity index (χ0) is 14.2. The zero-order valence-corrected chi connectivity index (χ0v) is 12.9. The Hall–Kier alpha value is -1.26. The standard InChI is InChI=1S/C17H20N2OS/c20-15(14-9-11-5-1-2-6-12(11)18-14)10-17-19-13-7-3-4-8-16(13)21-17/h3-4,7-8,11-12,14,18H,1-2,5-6,9-10H2. The van der Waals surface area contributed by atoms with Crippen molar-refractivity contribution in [1.82, 2.24) is 10.3 Å². The number of benzene rings is 1. The number of nitrogens with one attached hydrogen (secondary N) is 1. The van der Waals surface area contributed by atoms with E-state index < -0.39 is 0 Å². The Labute approximate surface area is 128 Å². The van der Waals surface area contributed by atoms with Gasteiger partial charge < -0.3 is 5.32 Å². The van der Waals surface area contributed by atoms with E-state index in [1.165, 1.54) is 30.4 Å². The van der Waals surface area contributed by atoms with Crippen molar-refractivity contribution in [2.45, 2.75) is 50.6 Å². The highest BCUT2D eigenvalue weighted by Gasteiger charge is 2.38. The average Bonchev–Trinajstić information content (AvgIpc) is 3.10. The fraction of sp³-hybridized carbons (Fsp3) is 0.529. The summed E-state index contributed by atoms with van der Waals surface area (Å²) < 4.78 is 1.17. The molecule has 0 spiro atoms. The summed E-state index contributed by atoms with van der Waals surface area (Å²) in [6.07, 6.45) is 6.71. The first kappa shape index (κ1) is 13.4. The van der Waals surface area contributed by atoms with Crippen LogP contribution in [-0.2, 0) is 11.2 Å². The minimum atomic E-state index is 0.0603. The van der Waals surface area contributed by atoms with E-state index in [9.17, 15) is 4.79 Å². The summed E-state index contributed by atoms with van der Waals surface area (Å²) in [5.74, 6) is 1.05. The molecular weight excluding hydrogens is 280 g/mol. The second kappa shape index (κ2) is 5.50. The molecule has 1 saturated heterocycles. The van der Waals surface area contributed by atoms with Gasteiger partial charge in [0.2, 0.25) is 0 Å². The Kier molecular flexibility index (Phi) is 3.51. The summed E-state index contributed by atoms with van der Waals surface area (Å²) in [4.78, 5) is 17.1. The Morgan fingerprint density at radius 1 is 1.29 bits per heavy atom. The first-order chi connectivity index (χ1) is 10.3. The van der Waals surface area contributed by atoms with Crippen LogP contribution in [-0.4, -0.2) is 22.9 Å². The number of hydrogen-bond acceptors (Lipinski definition) is 4. The Morgan fingerprint density at radius 3 is 3.00 bits per heavy atom. The number of carbonyl (C=O) groups excluding carboxylic acids is 1. The van der Waals surface area contributed by atoms with Crippen molar-refractivity contribution in [3.63, 3.8) is 0 Å². The molecule has 0 radical (unpaired) electrons. The molecule has 1 aliphatic carbocycles. The lowest BCUT2D eigenvalue weighted by Crippen LogP contribution is -2.37. The number of rotatable bonds is 3. The van der Waals surface area contributed by atoms with Crippen molar-refractivity contribution < 1.29 is 4.79 Å². The fourth-order valence-electron chi connectivity index (χ4n) is 3.83. The van der Waals surface area contributed by atoms with E-state index in [0.717, 1.165) is 22.9 Å². The number of Topliss-reactive ketones (excluding diaryl/α,β-unsaturated/α-hetero) is 1. The first-order valence-electron chi connectivity index (χ1n) is 7.93. The summed E-state index contributed by atoms with van der Waals surface area (Å²) in [6, 6.07) is 8.76. The number of para-hydroxylation sites is 1. The molecule has 2 aromatic rings. The van der Waals surface area contributed by atoms with Gasteiger partial charge in [0.1, 0.15) is 5.01 Å². The number of ketones is 1. The van der Waals surface area contributed by atoms with E-state index in [0.29, 0.717) is 18.2 Å². The van der Waals surface area contributed by atoms with Gasteiger partial charge in [0, 0.05) is 6.04 Å². The van der Waals surface area contributed by atoms with Crippen molar-refractivity contribution in [2.24, 2.45) is 5.92 Å². The van der Waals surface area contributed by atoms with Crippen LogP contribution in [0.3, 0.4) is 0 Å². The van der Waals surface area contributed by atoms with Gasteiger partial charge in [-0.15, -0.1) is 11.3 Å². The average molecular weight is 300 g/mol. The smallest absolute Gasteiger partial charge is 0.156 e. The topological polar surface area (TPSA) is 42.0 Å². The van der Waals surface area contributed by atoms with E-state index in [2.05, 4.69) is 16.4 Å². The van der Waals surface area contributed by atoms with Gasteiger partial charge >= 0.3 is 0 Å². The quantitative estimate of drug-likeness (QED) is 0.945. The summed E-state index contributed by atoms with van der Waals surface area (Å²) in [6.45, 7) is 0. The third-order valence-electron chi connectivity index (χ3n) is 4.92. The molecule has 21 heavy (non-hydrogen) atoms. The van der Waals surface area contributed by atoms with Gasteiger partial charge in [-0.3, -0.25) is 4.79 Å². The molecule has 4 heteroatoms. The monoisotopic (exact) mass is 300 g/mol. The van der Waals surface area contributed by atoms with Gasteiger partial charge in [0.15, 0.2) is 5.78 Å². The molecule has 2 fully saturated rings. The number of nitrogens with zero attached hydrogens (tertiary/aromatic N) is 1. The lowest BCUT2D eigenvalue weighted by atomic mass is 9.85. The Bertz CT molecular complexity index is 619. The molecule has 1 aromatic carbocycles. The van der Waals surface area contributed by atoms with Crippen LogP contribution in [0.2, 0.25) is 0 Å². The van der Waals surface area contributed by atoms with Crippen molar-refractivity contribution in [3.05, 3.63) is 29.3 Å². The number of fused-ring (bicyclic) bond motifs is 2. The number of hydrogen-bond donors (Lipinski definition) is 1. The summed E-state index contributed by atoms with van der Waals surface area (Å²) in [5.41, 5.74) is 1.01. The predicted octanol–water partition coefficient (Wildman–Crippen LogP) is 3.33. The molecule has 2 aliphatic rings. The molecule has 2 heterocycles. The molecule has 4 rings (SSSR count). The lowest BCUT2D eigenvalue weighted by molar-refractivity contribution is -0.120. The van der Waals surface area contributed by atoms with Gasteiger partial charge in [-0.2, -0.15) is 0 Å². The molecule has 110 valence electrons. The van der Waals surface area contributed by atoms with Crippen molar-refractivity contribution >= 4 is 27.3 Å². The van der Waals surface area contributed by atoms with E-state index in [-0.39, 0.29) is 6.04 Å². The normalized spacial score (nSPS) is 28.7. The summed E-state index contributed by atoms with van der Waals surface area (Å²) in [7, 11) is 0. The van der Waals surface area contributed by atoms with Crippen LogP contribution in [0.5, 0.6) is 0 Å². The molecule has 1 saturated carbocycles. The van der Waals surface area contributed by atoms with Gasteiger partial charge in [-0.25, -0.2) is 4.98 Å². The summed E-state index contributed by atoms with van der Waals surface area (Å²) in [5, 5.41) is 4.53. The van der Waals surface area contributed by atoms with Crippen LogP contribution in [0.4, 0.5) is 0 Å². The molecule has 3 nitrogen and oxygen atoms in total. The molecule has 0 amide bonds. The minimum Gasteiger partial charge on any atom is -0.304 e. The number of aromatic nitrogens is 1. The molecule has 1 N–H and O–H groups in total. The summed E-state index contributed by atoms with van der Waals surface area (Å²) >= 11 is 1.65. The Morgan fingerprint density at radius 2 is 2.14 bits per heavy atom. The highest BCUT2D eigenvalue weighted by molar-refractivity contribution is 7.18. The molecule has 1 aliphatic heterocycles. The molecule has 0 bridgehead atoms. The van der Waals surface area contributed by atoms with Gasteiger partial charge in [0.25, 0.3) is 0 Å². The maximum absolute atomic E-state index is 12.5. The van der Waals surface area contributed by atoms with Crippen LogP contribution in [0.25, 0.3) is 10.2 Å².